The van der Waals surface area contributed by atoms with Crippen molar-refractivity contribution in [3.05, 3.63) is 29.0 Å². The molecular formula is C15H18F3N5OS. The predicted molar refractivity (Wildman–Crippen MR) is 87.7 cm³/mol. The number of hydrogen-bond acceptors (Lipinski definition) is 5. The average molecular weight is 373 g/mol. The summed E-state index contributed by atoms with van der Waals surface area (Å²) < 4.78 is 39.6. The molecule has 0 spiro atoms. The molecule has 0 saturated carbocycles. The highest BCUT2D eigenvalue weighted by Crippen LogP contribution is 2.34. The second-order valence-corrected chi connectivity index (χ2v) is 6.89. The minimum absolute atomic E-state index is 0.0472. The molecule has 1 saturated heterocycles. The molecule has 0 bridgehead atoms. The van der Waals surface area contributed by atoms with Gasteiger partial charge in [-0.05, 0) is 12.8 Å². The van der Waals surface area contributed by atoms with Crippen LogP contribution in [0.2, 0.25) is 0 Å². The quantitative estimate of drug-likeness (QED) is 0.830. The number of anilines is 1. The van der Waals surface area contributed by atoms with Crippen LogP contribution < -0.4 is 4.90 Å². The number of rotatable bonds is 3. The van der Waals surface area contributed by atoms with E-state index in [1.807, 2.05) is 4.90 Å². The first kappa shape index (κ1) is 17.7. The van der Waals surface area contributed by atoms with E-state index in [2.05, 4.69) is 10.1 Å². The smallest absolute Gasteiger partial charge is 0.348 e. The number of hydrogen-bond donors (Lipinski definition) is 0. The predicted octanol–water partition coefficient (Wildman–Crippen LogP) is 2.64. The summed E-state index contributed by atoms with van der Waals surface area (Å²) in [6.07, 6.45) is 0.153. The minimum Gasteiger partial charge on any atom is -0.348 e. The summed E-state index contributed by atoms with van der Waals surface area (Å²) in [7, 11) is 3.50. The van der Waals surface area contributed by atoms with Crippen molar-refractivity contribution in [2.45, 2.75) is 25.1 Å². The zero-order valence-corrected chi connectivity index (χ0v) is 14.6. The molecule has 1 amide bonds. The first-order valence-electron chi connectivity index (χ1n) is 7.79. The van der Waals surface area contributed by atoms with E-state index in [-0.39, 0.29) is 11.9 Å². The molecule has 6 nitrogen and oxygen atoms in total. The van der Waals surface area contributed by atoms with E-state index in [9.17, 15) is 18.0 Å². The number of nitrogens with zero attached hydrogens (tertiary/aromatic N) is 5. The van der Waals surface area contributed by atoms with Gasteiger partial charge in [-0.3, -0.25) is 9.48 Å². The van der Waals surface area contributed by atoms with Crippen molar-refractivity contribution in [2.75, 3.05) is 25.0 Å². The number of alkyl halides is 3. The lowest BCUT2D eigenvalue weighted by Crippen LogP contribution is -2.45. The van der Waals surface area contributed by atoms with Crippen molar-refractivity contribution in [2.24, 2.45) is 7.05 Å². The fourth-order valence-electron chi connectivity index (χ4n) is 2.89. The van der Waals surface area contributed by atoms with Crippen LogP contribution in [0.1, 0.15) is 28.9 Å². The first-order chi connectivity index (χ1) is 11.8. The molecule has 25 heavy (non-hydrogen) atoms. The Kier molecular flexibility index (Phi) is 4.72. The fraction of sp³-hybridized carbons (Fsp3) is 0.533. The fourth-order valence-corrected chi connectivity index (χ4v) is 3.77. The van der Waals surface area contributed by atoms with Gasteiger partial charge in [0.25, 0.3) is 5.91 Å². The van der Waals surface area contributed by atoms with Gasteiger partial charge in [0.1, 0.15) is 0 Å². The first-order valence-corrected chi connectivity index (χ1v) is 8.67. The molecule has 2 aromatic heterocycles. The van der Waals surface area contributed by atoms with Crippen LogP contribution in [0.5, 0.6) is 0 Å². The van der Waals surface area contributed by atoms with Crippen LogP contribution >= 0.6 is 11.3 Å². The molecule has 0 aromatic carbocycles. The maximum absolute atomic E-state index is 12.7. The van der Waals surface area contributed by atoms with Crippen molar-refractivity contribution >= 4 is 22.4 Å². The van der Waals surface area contributed by atoms with Crippen LogP contribution in [-0.4, -0.2) is 51.8 Å². The Balaban J connectivity index is 1.60. The lowest BCUT2D eigenvalue weighted by atomic mass is 10.0. The third kappa shape index (κ3) is 3.78. The monoisotopic (exact) mass is 373 g/mol. The van der Waals surface area contributed by atoms with Gasteiger partial charge in [-0.25, -0.2) is 4.98 Å². The maximum Gasteiger partial charge on any atom is 0.434 e. The summed E-state index contributed by atoms with van der Waals surface area (Å²) in [5.41, 5.74) is -0.319. The topological polar surface area (TPSA) is 54.3 Å². The number of aromatic nitrogens is 3. The van der Waals surface area contributed by atoms with E-state index in [0.717, 1.165) is 16.7 Å². The van der Waals surface area contributed by atoms with Crippen molar-refractivity contribution in [1.82, 2.24) is 19.7 Å². The third-order valence-corrected chi connectivity index (χ3v) is 5.24. The van der Waals surface area contributed by atoms with E-state index in [4.69, 9.17) is 0 Å². The van der Waals surface area contributed by atoms with Gasteiger partial charge in [-0.1, -0.05) is 0 Å². The number of halogens is 3. The van der Waals surface area contributed by atoms with Gasteiger partial charge in [0.15, 0.2) is 10.8 Å². The number of thiazole rings is 1. The molecule has 10 heteroatoms. The SMILES string of the molecule is CN(C(=O)c1cnn(C)c1)C1CCN(c2nc(C(F)(F)F)cs2)CC1. The second kappa shape index (κ2) is 6.66. The van der Waals surface area contributed by atoms with Crippen molar-refractivity contribution in [1.29, 1.82) is 0 Å². The molecule has 2 aromatic rings. The van der Waals surface area contributed by atoms with Crippen molar-refractivity contribution in [3.63, 3.8) is 0 Å². The van der Waals surface area contributed by atoms with Gasteiger partial charge in [-0.15, -0.1) is 11.3 Å². The van der Waals surface area contributed by atoms with Crippen molar-refractivity contribution < 1.29 is 18.0 Å². The van der Waals surface area contributed by atoms with Crippen LogP contribution in [0, 0.1) is 0 Å². The van der Waals surface area contributed by atoms with E-state index in [0.29, 0.717) is 36.6 Å². The summed E-state index contributed by atoms with van der Waals surface area (Å²) in [4.78, 5) is 19.7. The standard InChI is InChI=1S/C15H18F3N5OS/c1-21-8-10(7-19-21)13(24)22(2)11-3-5-23(6-4-11)14-20-12(9-25-14)15(16,17)18/h7-9,11H,3-6H2,1-2H3. The Hall–Kier alpha value is -2.10. The summed E-state index contributed by atoms with van der Waals surface area (Å²) in [5, 5.41) is 5.42. The van der Waals surface area contributed by atoms with Gasteiger partial charge >= 0.3 is 6.18 Å². The molecule has 1 aliphatic heterocycles. The van der Waals surface area contributed by atoms with E-state index < -0.39 is 11.9 Å². The summed E-state index contributed by atoms with van der Waals surface area (Å²) >= 11 is 1.00. The molecule has 1 fully saturated rings. The summed E-state index contributed by atoms with van der Waals surface area (Å²) in [5.74, 6) is -0.0971. The summed E-state index contributed by atoms with van der Waals surface area (Å²) in [6.45, 7) is 1.14. The molecule has 0 aliphatic carbocycles. The lowest BCUT2D eigenvalue weighted by molar-refractivity contribution is -0.140. The average Bonchev–Trinajstić information content (AvgIpc) is 3.22. The van der Waals surface area contributed by atoms with E-state index in [1.165, 1.54) is 6.20 Å². The Bertz CT molecular complexity index is 748. The van der Waals surface area contributed by atoms with Gasteiger partial charge < -0.3 is 9.80 Å². The van der Waals surface area contributed by atoms with Gasteiger partial charge in [-0.2, -0.15) is 18.3 Å². The van der Waals surface area contributed by atoms with Crippen LogP contribution in [-0.2, 0) is 13.2 Å². The van der Waals surface area contributed by atoms with Gasteiger partial charge in [0.05, 0.1) is 11.8 Å². The third-order valence-electron chi connectivity index (χ3n) is 4.34. The van der Waals surface area contributed by atoms with Crippen molar-refractivity contribution in [3.8, 4) is 0 Å². The van der Waals surface area contributed by atoms with E-state index >= 15 is 0 Å². The lowest BCUT2D eigenvalue weighted by Gasteiger charge is -2.36. The van der Waals surface area contributed by atoms with Crippen LogP contribution in [0.15, 0.2) is 17.8 Å². The van der Waals surface area contributed by atoms with Crippen LogP contribution in [0.3, 0.4) is 0 Å². The molecule has 3 heterocycles. The number of piperidine rings is 1. The zero-order chi connectivity index (χ0) is 18.2. The Morgan fingerprint density at radius 3 is 2.56 bits per heavy atom. The molecule has 0 N–H and O–H groups in total. The number of carbonyl (C=O) groups excluding carboxylic acids is 1. The molecular weight excluding hydrogens is 355 g/mol. The molecule has 1 aliphatic rings. The molecule has 3 rings (SSSR count). The van der Waals surface area contributed by atoms with Gasteiger partial charge in [0.2, 0.25) is 0 Å². The zero-order valence-electron chi connectivity index (χ0n) is 13.8. The Labute approximate surface area is 146 Å². The highest BCUT2D eigenvalue weighted by atomic mass is 32.1. The number of aryl methyl sites for hydroxylation is 1. The van der Waals surface area contributed by atoms with Gasteiger partial charge in [0, 0.05) is 44.8 Å². The van der Waals surface area contributed by atoms with Crippen LogP contribution in [0.25, 0.3) is 0 Å². The number of carbonyl (C=O) groups is 1. The largest absolute Gasteiger partial charge is 0.434 e. The normalized spacial score (nSPS) is 16.3. The highest BCUT2D eigenvalue weighted by Gasteiger charge is 2.35. The molecule has 0 atom stereocenters. The molecule has 0 radical (unpaired) electrons. The van der Waals surface area contributed by atoms with E-state index in [1.54, 1.807) is 29.9 Å². The molecule has 136 valence electrons. The Morgan fingerprint density at radius 1 is 1.36 bits per heavy atom. The minimum atomic E-state index is -4.41. The maximum atomic E-state index is 12.7. The Morgan fingerprint density at radius 2 is 2.04 bits per heavy atom. The molecule has 0 unspecified atom stereocenters. The highest BCUT2D eigenvalue weighted by molar-refractivity contribution is 7.13. The second-order valence-electron chi connectivity index (χ2n) is 6.05. The van der Waals surface area contributed by atoms with Crippen LogP contribution in [0.4, 0.5) is 18.3 Å². The summed E-state index contributed by atoms with van der Waals surface area (Å²) in [6, 6.07) is 0.0472. The number of amides is 1.